The summed E-state index contributed by atoms with van der Waals surface area (Å²) in [6.07, 6.45) is 3.01. The first-order chi connectivity index (χ1) is 11.9. The van der Waals surface area contributed by atoms with Gasteiger partial charge in [-0.3, -0.25) is 9.59 Å². The van der Waals surface area contributed by atoms with Crippen molar-refractivity contribution in [1.29, 1.82) is 0 Å². The smallest absolute Gasteiger partial charge is 0.221 e. The average Bonchev–Trinajstić information content (AvgIpc) is 3.08. The Hall–Kier alpha value is -2.01. The predicted octanol–water partition coefficient (Wildman–Crippen LogP) is 4.63. The van der Waals surface area contributed by atoms with Crippen molar-refractivity contribution in [3.8, 4) is 0 Å². The van der Waals surface area contributed by atoms with Crippen molar-refractivity contribution in [2.24, 2.45) is 5.92 Å². The van der Waals surface area contributed by atoms with Gasteiger partial charge in [-0.15, -0.1) is 11.3 Å². The highest BCUT2D eigenvalue weighted by Gasteiger charge is 2.19. The van der Waals surface area contributed by atoms with Gasteiger partial charge < -0.3 is 5.32 Å². The molecular formula is C20H26N2O2S. The number of nitrogens with one attached hydrogen (secondary N) is 1. The number of carbonyl (C=O) groups excluding carboxylic acids is 2. The average molecular weight is 359 g/mol. The predicted molar refractivity (Wildman–Crippen MR) is 102 cm³/mol. The highest BCUT2D eigenvalue weighted by Crippen LogP contribution is 2.23. The van der Waals surface area contributed by atoms with Gasteiger partial charge >= 0.3 is 0 Å². The van der Waals surface area contributed by atoms with E-state index in [1.807, 2.05) is 37.4 Å². The summed E-state index contributed by atoms with van der Waals surface area (Å²) < 4.78 is 0. The van der Waals surface area contributed by atoms with Gasteiger partial charge in [0.05, 0.1) is 6.04 Å². The Morgan fingerprint density at radius 3 is 2.52 bits per heavy atom. The number of amides is 1. The quantitative estimate of drug-likeness (QED) is 0.700. The van der Waals surface area contributed by atoms with Gasteiger partial charge in [0.2, 0.25) is 5.91 Å². The second kappa shape index (κ2) is 8.90. The molecule has 2 aromatic rings. The highest BCUT2D eigenvalue weighted by molar-refractivity contribution is 7.09. The summed E-state index contributed by atoms with van der Waals surface area (Å²) in [7, 11) is 0. The number of hydrogen-bond donors (Lipinski definition) is 1. The fourth-order valence-electron chi connectivity index (χ4n) is 2.65. The summed E-state index contributed by atoms with van der Waals surface area (Å²) in [6, 6.07) is 5.60. The van der Waals surface area contributed by atoms with E-state index in [2.05, 4.69) is 24.1 Å². The second-order valence-corrected chi connectivity index (χ2v) is 7.77. The van der Waals surface area contributed by atoms with Crippen LogP contribution in [0.15, 0.2) is 29.8 Å². The Balaban J connectivity index is 1.92. The van der Waals surface area contributed by atoms with Crippen LogP contribution in [0.25, 0.3) is 0 Å². The van der Waals surface area contributed by atoms with Gasteiger partial charge in [0.25, 0.3) is 0 Å². The van der Waals surface area contributed by atoms with E-state index in [-0.39, 0.29) is 30.6 Å². The van der Waals surface area contributed by atoms with E-state index in [1.54, 1.807) is 17.5 Å². The van der Waals surface area contributed by atoms with Crippen LogP contribution in [-0.2, 0) is 4.79 Å². The van der Waals surface area contributed by atoms with Crippen LogP contribution in [-0.4, -0.2) is 16.7 Å². The monoisotopic (exact) mass is 358 g/mol. The van der Waals surface area contributed by atoms with Crippen molar-refractivity contribution < 1.29 is 9.59 Å². The molecule has 1 aromatic carbocycles. The maximum Gasteiger partial charge on any atom is 0.221 e. The molecule has 0 bridgehead atoms. The molecule has 0 saturated carbocycles. The Kier molecular flexibility index (Phi) is 6.88. The maximum absolute atomic E-state index is 12.3. The van der Waals surface area contributed by atoms with Gasteiger partial charge in [0.15, 0.2) is 5.78 Å². The standard InChI is InChI=1S/C20H26N2O2S/c1-13(2)11-17(20-21-9-10-25-20)22-19(24)8-7-18(23)16-6-5-14(3)15(4)12-16/h5-6,9-10,12-13,17H,7-8,11H2,1-4H3,(H,22,24). The van der Waals surface area contributed by atoms with E-state index in [1.165, 1.54) is 0 Å². The topological polar surface area (TPSA) is 59.1 Å². The zero-order valence-corrected chi connectivity index (χ0v) is 16.2. The number of hydrogen-bond acceptors (Lipinski definition) is 4. The Morgan fingerprint density at radius 1 is 1.16 bits per heavy atom. The third-order valence-corrected chi connectivity index (χ3v) is 5.09. The molecule has 0 spiro atoms. The molecule has 1 amide bonds. The molecule has 1 atom stereocenters. The molecule has 1 unspecified atom stereocenters. The van der Waals surface area contributed by atoms with Crippen LogP contribution in [0.3, 0.4) is 0 Å². The van der Waals surface area contributed by atoms with Crippen molar-refractivity contribution >= 4 is 23.0 Å². The lowest BCUT2D eigenvalue weighted by atomic mass is 10.0. The Labute approximate surface area is 153 Å². The number of aromatic nitrogens is 1. The molecule has 4 nitrogen and oxygen atoms in total. The molecule has 1 aromatic heterocycles. The van der Waals surface area contributed by atoms with Gasteiger partial charge in [0, 0.05) is 30.0 Å². The first-order valence-electron chi connectivity index (χ1n) is 8.66. The highest BCUT2D eigenvalue weighted by atomic mass is 32.1. The molecule has 0 aliphatic carbocycles. The molecule has 134 valence electrons. The summed E-state index contributed by atoms with van der Waals surface area (Å²) >= 11 is 1.55. The zero-order valence-electron chi connectivity index (χ0n) is 15.3. The van der Waals surface area contributed by atoms with Gasteiger partial charge in [-0.1, -0.05) is 26.0 Å². The van der Waals surface area contributed by atoms with Gasteiger partial charge in [-0.05, 0) is 43.4 Å². The minimum absolute atomic E-state index is 0.00732. The molecule has 0 fully saturated rings. The largest absolute Gasteiger partial charge is 0.347 e. The molecule has 0 saturated heterocycles. The fraction of sp³-hybridized carbons (Fsp3) is 0.450. The van der Waals surface area contributed by atoms with Crippen LogP contribution in [0.1, 0.15) is 65.6 Å². The first-order valence-corrected chi connectivity index (χ1v) is 9.54. The van der Waals surface area contributed by atoms with Crippen LogP contribution in [0.5, 0.6) is 0 Å². The lowest BCUT2D eigenvalue weighted by molar-refractivity contribution is -0.121. The van der Waals surface area contributed by atoms with Gasteiger partial charge in [0.1, 0.15) is 5.01 Å². The SMILES string of the molecule is Cc1ccc(C(=O)CCC(=O)NC(CC(C)C)c2nccs2)cc1C. The number of ketones is 1. The van der Waals surface area contributed by atoms with E-state index in [0.717, 1.165) is 22.6 Å². The summed E-state index contributed by atoms with van der Waals surface area (Å²) in [5.74, 6) is 0.359. The number of Topliss-reactive ketones (excluding diaryl/α,β-unsaturated/α-hetero) is 1. The number of benzene rings is 1. The van der Waals surface area contributed by atoms with Crippen LogP contribution >= 0.6 is 11.3 Å². The number of carbonyl (C=O) groups is 2. The maximum atomic E-state index is 12.3. The number of rotatable bonds is 8. The summed E-state index contributed by atoms with van der Waals surface area (Å²) in [6.45, 7) is 8.25. The molecule has 1 heterocycles. The van der Waals surface area contributed by atoms with Crippen molar-refractivity contribution in [2.45, 2.75) is 53.0 Å². The Bertz CT molecular complexity index is 723. The lowest BCUT2D eigenvalue weighted by Gasteiger charge is -2.18. The van der Waals surface area contributed by atoms with Crippen molar-refractivity contribution in [1.82, 2.24) is 10.3 Å². The van der Waals surface area contributed by atoms with E-state index in [4.69, 9.17) is 0 Å². The first kappa shape index (κ1) is 19.3. The fourth-order valence-corrected chi connectivity index (χ4v) is 3.35. The molecule has 0 aliphatic heterocycles. The van der Waals surface area contributed by atoms with Gasteiger partial charge in [-0.25, -0.2) is 4.98 Å². The molecule has 25 heavy (non-hydrogen) atoms. The number of nitrogens with zero attached hydrogens (tertiary/aromatic N) is 1. The van der Waals surface area contributed by atoms with Crippen LogP contribution in [0.4, 0.5) is 0 Å². The molecule has 5 heteroatoms. The third kappa shape index (κ3) is 5.78. The van der Waals surface area contributed by atoms with Crippen molar-refractivity contribution in [3.63, 3.8) is 0 Å². The van der Waals surface area contributed by atoms with Crippen molar-refractivity contribution in [3.05, 3.63) is 51.5 Å². The molecule has 0 radical (unpaired) electrons. The van der Waals surface area contributed by atoms with E-state index in [9.17, 15) is 9.59 Å². The van der Waals surface area contributed by atoms with Gasteiger partial charge in [-0.2, -0.15) is 0 Å². The zero-order chi connectivity index (χ0) is 18.4. The minimum Gasteiger partial charge on any atom is -0.347 e. The number of thiazole rings is 1. The molecule has 2 rings (SSSR count). The summed E-state index contributed by atoms with van der Waals surface area (Å²) in [5, 5.41) is 5.87. The summed E-state index contributed by atoms with van der Waals surface area (Å²) in [5.41, 5.74) is 2.93. The molecule has 0 aliphatic rings. The van der Waals surface area contributed by atoms with Crippen LogP contribution in [0.2, 0.25) is 0 Å². The minimum atomic E-state index is -0.0990. The second-order valence-electron chi connectivity index (χ2n) is 6.84. The van der Waals surface area contributed by atoms with Crippen LogP contribution in [0, 0.1) is 19.8 Å². The van der Waals surface area contributed by atoms with E-state index < -0.39 is 0 Å². The Morgan fingerprint density at radius 2 is 1.92 bits per heavy atom. The third-order valence-electron chi connectivity index (χ3n) is 4.20. The molecule has 1 N–H and O–H groups in total. The normalized spacial score (nSPS) is 12.2. The van der Waals surface area contributed by atoms with Crippen LogP contribution < -0.4 is 5.32 Å². The number of aryl methyl sites for hydroxylation is 2. The lowest BCUT2D eigenvalue weighted by Crippen LogP contribution is -2.29. The van der Waals surface area contributed by atoms with Crippen molar-refractivity contribution in [2.75, 3.05) is 0 Å². The summed E-state index contributed by atoms with van der Waals surface area (Å²) in [4.78, 5) is 28.9. The molecular weight excluding hydrogens is 332 g/mol. The van der Waals surface area contributed by atoms with E-state index >= 15 is 0 Å². The van der Waals surface area contributed by atoms with E-state index in [0.29, 0.717) is 11.5 Å².